The number of halogens is 2. The van der Waals surface area contributed by atoms with Crippen molar-refractivity contribution in [3.8, 4) is 0 Å². The smallest absolute Gasteiger partial charge is 0.220 e. The number of nitrogens with zero attached hydrogens (tertiary/aromatic N) is 1. The van der Waals surface area contributed by atoms with Gasteiger partial charge < -0.3 is 15.0 Å². The van der Waals surface area contributed by atoms with Crippen LogP contribution in [0, 0.1) is 11.6 Å². The van der Waals surface area contributed by atoms with E-state index in [2.05, 4.69) is 5.32 Å². The van der Waals surface area contributed by atoms with E-state index < -0.39 is 17.2 Å². The number of piperidine rings is 1. The monoisotopic (exact) mass is 354 g/mol. The van der Waals surface area contributed by atoms with Gasteiger partial charge in [0.1, 0.15) is 11.6 Å². The number of hydrogen-bond acceptors (Lipinski definition) is 3. The SMILES string of the molecule is CO[C@@]1(CCC(=O)NCc2ccc(F)cc2F)CCCN(C(C)=O)C1. The van der Waals surface area contributed by atoms with Gasteiger partial charge in [-0.1, -0.05) is 6.07 Å². The number of benzene rings is 1. The minimum Gasteiger partial charge on any atom is -0.376 e. The number of nitrogens with one attached hydrogen (secondary N) is 1. The van der Waals surface area contributed by atoms with Gasteiger partial charge in [-0.2, -0.15) is 0 Å². The molecule has 25 heavy (non-hydrogen) atoms. The Morgan fingerprint density at radius 1 is 1.36 bits per heavy atom. The zero-order valence-electron chi connectivity index (χ0n) is 14.6. The molecule has 1 aliphatic heterocycles. The second kappa shape index (κ2) is 8.38. The summed E-state index contributed by atoms with van der Waals surface area (Å²) in [6.45, 7) is 2.70. The lowest BCUT2D eigenvalue weighted by molar-refractivity contribution is -0.139. The van der Waals surface area contributed by atoms with Gasteiger partial charge in [-0.15, -0.1) is 0 Å². The largest absolute Gasteiger partial charge is 0.376 e. The van der Waals surface area contributed by atoms with Gasteiger partial charge in [0.2, 0.25) is 11.8 Å². The Morgan fingerprint density at radius 2 is 2.12 bits per heavy atom. The number of likely N-dealkylation sites (tertiary alicyclic amines) is 1. The fraction of sp³-hybridized carbons (Fsp3) is 0.556. The first-order valence-corrected chi connectivity index (χ1v) is 8.36. The first-order valence-electron chi connectivity index (χ1n) is 8.36. The highest BCUT2D eigenvalue weighted by Crippen LogP contribution is 2.29. The molecule has 1 fully saturated rings. The third-order valence-corrected chi connectivity index (χ3v) is 4.72. The van der Waals surface area contributed by atoms with Crippen molar-refractivity contribution in [3.63, 3.8) is 0 Å². The fourth-order valence-corrected chi connectivity index (χ4v) is 3.13. The van der Waals surface area contributed by atoms with E-state index in [1.807, 2.05) is 0 Å². The summed E-state index contributed by atoms with van der Waals surface area (Å²) in [4.78, 5) is 25.4. The number of ether oxygens (including phenoxy) is 1. The molecule has 0 bridgehead atoms. The minimum absolute atomic E-state index is 0.00244. The van der Waals surface area contributed by atoms with E-state index in [1.165, 1.54) is 13.0 Å². The van der Waals surface area contributed by atoms with Crippen LogP contribution in [0.5, 0.6) is 0 Å². The van der Waals surface area contributed by atoms with E-state index in [0.29, 0.717) is 19.5 Å². The maximum Gasteiger partial charge on any atom is 0.220 e. The van der Waals surface area contributed by atoms with Gasteiger partial charge in [-0.05, 0) is 25.3 Å². The van der Waals surface area contributed by atoms with Crippen molar-refractivity contribution < 1.29 is 23.1 Å². The second-order valence-corrected chi connectivity index (χ2v) is 6.44. The Bertz CT molecular complexity index is 639. The Hall–Kier alpha value is -2.02. The number of hydrogen-bond donors (Lipinski definition) is 1. The number of carbonyl (C=O) groups is 2. The normalized spacial score (nSPS) is 20.4. The van der Waals surface area contributed by atoms with Crippen LogP contribution >= 0.6 is 0 Å². The van der Waals surface area contributed by atoms with Crippen molar-refractivity contribution in [3.05, 3.63) is 35.4 Å². The van der Waals surface area contributed by atoms with Gasteiger partial charge in [-0.3, -0.25) is 9.59 Å². The van der Waals surface area contributed by atoms with Crippen molar-refractivity contribution in [1.29, 1.82) is 0 Å². The molecule has 2 rings (SSSR count). The summed E-state index contributed by atoms with van der Waals surface area (Å²) in [5.74, 6) is -1.57. The summed E-state index contributed by atoms with van der Waals surface area (Å²) in [6.07, 6.45) is 2.30. The molecule has 1 atom stereocenters. The third kappa shape index (κ3) is 5.22. The van der Waals surface area contributed by atoms with Crippen molar-refractivity contribution in [2.24, 2.45) is 0 Å². The summed E-state index contributed by atoms with van der Waals surface area (Å²) in [5.41, 5.74) is -0.292. The number of rotatable bonds is 6. The van der Waals surface area contributed by atoms with E-state index >= 15 is 0 Å². The first-order chi connectivity index (χ1) is 11.8. The summed E-state index contributed by atoms with van der Waals surface area (Å²) in [6, 6.07) is 3.26. The molecule has 1 heterocycles. The maximum absolute atomic E-state index is 13.6. The molecule has 0 unspecified atom stereocenters. The summed E-state index contributed by atoms with van der Waals surface area (Å²) in [7, 11) is 1.59. The average Bonchev–Trinajstić information content (AvgIpc) is 2.59. The molecule has 1 aromatic carbocycles. The van der Waals surface area contributed by atoms with Gasteiger partial charge in [0, 0.05) is 51.7 Å². The van der Waals surface area contributed by atoms with Crippen LogP contribution in [-0.4, -0.2) is 42.5 Å². The maximum atomic E-state index is 13.6. The Kier molecular flexibility index (Phi) is 6.47. The molecule has 0 saturated carbocycles. The zero-order chi connectivity index (χ0) is 18.4. The lowest BCUT2D eigenvalue weighted by atomic mass is 9.87. The topological polar surface area (TPSA) is 58.6 Å². The van der Waals surface area contributed by atoms with Crippen LogP contribution in [0.15, 0.2) is 18.2 Å². The molecular weight excluding hydrogens is 330 g/mol. The predicted octanol–water partition coefficient (Wildman–Crippen LogP) is 2.39. The molecule has 1 aliphatic rings. The van der Waals surface area contributed by atoms with Crippen molar-refractivity contribution in [2.75, 3.05) is 20.2 Å². The Morgan fingerprint density at radius 3 is 2.76 bits per heavy atom. The molecule has 1 saturated heterocycles. The summed E-state index contributed by atoms with van der Waals surface area (Å²) in [5, 5.41) is 2.64. The number of methoxy groups -OCH3 is 1. The van der Waals surface area contributed by atoms with E-state index in [0.717, 1.165) is 25.0 Å². The average molecular weight is 354 g/mol. The molecule has 0 radical (unpaired) electrons. The molecule has 2 amide bonds. The van der Waals surface area contributed by atoms with Crippen molar-refractivity contribution in [1.82, 2.24) is 10.2 Å². The second-order valence-electron chi connectivity index (χ2n) is 6.44. The van der Waals surface area contributed by atoms with Gasteiger partial charge in [-0.25, -0.2) is 8.78 Å². The standard InChI is InChI=1S/C18H24F2N2O3/c1-13(23)22-9-3-7-18(12-22,25-2)8-6-17(24)21-11-14-4-5-15(19)10-16(14)20/h4-5,10H,3,6-9,11-12H2,1-2H3,(H,21,24)/t18-/m1/s1. The molecule has 7 heteroatoms. The lowest BCUT2D eigenvalue weighted by Gasteiger charge is -2.41. The summed E-state index contributed by atoms with van der Waals surface area (Å²) < 4.78 is 32.1. The zero-order valence-corrected chi connectivity index (χ0v) is 14.6. The molecule has 0 aliphatic carbocycles. The van der Waals surface area contributed by atoms with Gasteiger partial charge in [0.15, 0.2) is 0 Å². The molecular formula is C18H24F2N2O3. The lowest BCUT2D eigenvalue weighted by Crippen LogP contribution is -2.51. The highest BCUT2D eigenvalue weighted by Gasteiger charge is 2.36. The predicted molar refractivity (Wildman–Crippen MR) is 88.7 cm³/mol. The van der Waals surface area contributed by atoms with E-state index in [1.54, 1.807) is 12.0 Å². The molecule has 0 spiro atoms. The highest BCUT2D eigenvalue weighted by molar-refractivity contribution is 5.76. The fourth-order valence-electron chi connectivity index (χ4n) is 3.13. The van der Waals surface area contributed by atoms with Crippen LogP contribution in [0.4, 0.5) is 8.78 Å². The van der Waals surface area contributed by atoms with Gasteiger partial charge >= 0.3 is 0 Å². The quantitative estimate of drug-likeness (QED) is 0.853. The van der Waals surface area contributed by atoms with E-state index in [4.69, 9.17) is 4.74 Å². The van der Waals surface area contributed by atoms with Crippen LogP contribution < -0.4 is 5.32 Å². The summed E-state index contributed by atoms with van der Waals surface area (Å²) >= 11 is 0. The highest BCUT2D eigenvalue weighted by atomic mass is 19.1. The minimum atomic E-state index is -0.682. The van der Waals surface area contributed by atoms with Crippen LogP contribution in [0.1, 0.15) is 38.2 Å². The van der Waals surface area contributed by atoms with Crippen molar-refractivity contribution >= 4 is 11.8 Å². The van der Waals surface area contributed by atoms with Crippen LogP contribution in [0.25, 0.3) is 0 Å². The van der Waals surface area contributed by atoms with Crippen LogP contribution in [-0.2, 0) is 20.9 Å². The van der Waals surface area contributed by atoms with Gasteiger partial charge in [0.05, 0.1) is 5.60 Å². The van der Waals surface area contributed by atoms with Crippen LogP contribution in [0.2, 0.25) is 0 Å². The Labute approximate surface area is 146 Å². The van der Waals surface area contributed by atoms with Crippen LogP contribution in [0.3, 0.4) is 0 Å². The third-order valence-electron chi connectivity index (χ3n) is 4.72. The number of amides is 2. The molecule has 138 valence electrons. The molecule has 1 aromatic rings. The van der Waals surface area contributed by atoms with E-state index in [9.17, 15) is 18.4 Å². The Balaban J connectivity index is 1.86. The van der Waals surface area contributed by atoms with E-state index in [-0.39, 0.29) is 30.3 Å². The molecule has 0 aromatic heterocycles. The van der Waals surface area contributed by atoms with Gasteiger partial charge in [0.25, 0.3) is 0 Å². The molecule has 5 nitrogen and oxygen atoms in total. The number of carbonyl (C=O) groups excluding carboxylic acids is 2. The first kappa shape index (κ1) is 19.3. The molecule has 1 N–H and O–H groups in total. The van der Waals surface area contributed by atoms with Crippen molar-refractivity contribution in [2.45, 2.75) is 44.8 Å².